The Morgan fingerprint density at radius 3 is 2.68 bits per heavy atom. The number of nitrogens with one attached hydrogen (secondary N) is 1. The molecule has 0 spiro atoms. The number of hydrogen-bond donors (Lipinski definition) is 2. The summed E-state index contributed by atoms with van der Waals surface area (Å²) >= 11 is 0. The van der Waals surface area contributed by atoms with Crippen molar-refractivity contribution in [2.24, 2.45) is 4.36 Å². The van der Waals surface area contributed by atoms with Crippen molar-refractivity contribution in [3.8, 4) is 11.5 Å². The van der Waals surface area contributed by atoms with Gasteiger partial charge in [-0.3, -0.25) is 4.98 Å². The fourth-order valence-corrected chi connectivity index (χ4v) is 3.75. The summed E-state index contributed by atoms with van der Waals surface area (Å²) in [6.07, 6.45) is 2.10. The molecule has 1 amide bonds. The number of aromatic nitrogens is 1. The molecule has 8 nitrogen and oxygen atoms in total. The fourth-order valence-electron chi connectivity index (χ4n) is 2.63. The van der Waals surface area contributed by atoms with Crippen LogP contribution in [0, 0.1) is 0 Å². The third-order valence-electron chi connectivity index (χ3n) is 3.98. The van der Waals surface area contributed by atoms with Gasteiger partial charge in [0.25, 0.3) is 0 Å². The largest absolute Gasteiger partial charge is 0.508 e. The van der Waals surface area contributed by atoms with Gasteiger partial charge < -0.3 is 19.9 Å². The summed E-state index contributed by atoms with van der Waals surface area (Å²) in [5.41, 5.74) is 1.94. The van der Waals surface area contributed by atoms with Gasteiger partial charge in [0.15, 0.2) is 0 Å². The van der Waals surface area contributed by atoms with Gasteiger partial charge in [0.2, 0.25) is 0 Å². The number of benzene rings is 2. The molecule has 1 unspecified atom stereocenters. The van der Waals surface area contributed by atoms with Gasteiger partial charge in [0.05, 0.1) is 29.5 Å². The first-order chi connectivity index (χ1) is 13.3. The van der Waals surface area contributed by atoms with E-state index in [4.69, 9.17) is 4.74 Å². The third kappa shape index (κ3) is 4.15. The molecule has 0 aliphatic carbocycles. The number of aromatic hydroxyl groups is 1. The van der Waals surface area contributed by atoms with Crippen LogP contribution in [0.5, 0.6) is 11.5 Å². The zero-order valence-corrected chi connectivity index (χ0v) is 16.3. The first kappa shape index (κ1) is 19.4. The highest BCUT2D eigenvalue weighted by atomic mass is 32.2. The molecule has 0 radical (unpaired) electrons. The van der Waals surface area contributed by atoms with Gasteiger partial charge in [-0.25, -0.2) is 9.00 Å². The minimum absolute atomic E-state index is 0.0503. The molecule has 28 heavy (non-hydrogen) atoms. The molecule has 9 heteroatoms. The second-order valence-electron chi connectivity index (χ2n) is 5.95. The molecular formula is C19H19N3O5S. The molecule has 0 aliphatic rings. The molecule has 1 heterocycles. The maximum absolute atomic E-state index is 12.8. The number of phenols is 1. The normalized spacial score (nSPS) is 12.8. The summed E-state index contributed by atoms with van der Waals surface area (Å²) < 4.78 is 26.1. The number of amides is 1. The summed E-state index contributed by atoms with van der Waals surface area (Å²) in [5.74, 6) is 0.546. The molecule has 1 atom stereocenters. The lowest BCUT2D eigenvalue weighted by Gasteiger charge is -2.12. The minimum atomic E-state index is -2.99. The van der Waals surface area contributed by atoms with Crippen LogP contribution in [0.2, 0.25) is 0 Å². The molecule has 0 saturated carbocycles. The predicted octanol–water partition coefficient (Wildman–Crippen LogP) is 3.92. The van der Waals surface area contributed by atoms with Crippen molar-refractivity contribution in [3.63, 3.8) is 0 Å². The topological polar surface area (TPSA) is 110 Å². The Morgan fingerprint density at radius 1 is 1.18 bits per heavy atom. The van der Waals surface area contributed by atoms with Crippen molar-refractivity contribution in [1.82, 2.24) is 4.98 Å². The van der Waals surface area contributed by atoms with Crippen molar-refractivity contribution >= 4 is 38.1 Å². The molecule has 0 bridgehead atoms. The Bertz CT molecular complexity index is 1170. The van der Waals surface area contributed by atoms with Gasteiger partial charge in [-0.2, -0.15) is 0 Å². The molecule has 1 aromatic heterocycles. The molecule has 2 N–H and O–H groups in total. The molecule has 0 fully saturated rings. The van der Waals surface area contributed by atoms with Gasteiger partial charge in [-0.1, -0.05) is 0 Å². The Balaban J connectivity index is 2.10. The van der Waals surface area contributed by atoms with Crippen LogP contribution in [0.25, 0.3) is 10.9 Å². The number of carbonyl (C=O) groups excluding carboxylic acids is 1. The average molecular weight is 401 g/mol. The monoisotopic (exact) mass is 401 g/mol. The van der Waals surface area contributed by atoms with E-state index in [2.05, 4.69) is 19.4 Å². The van der Waals surface area contributed by atoms with Gasteiger partial charge in [0, 0.05) is 52.3 Å². The lowest BCUT2D eigenvalue weighted by Crippen LogP contribution is -2.03. The van der Waals surface area contributed by atoms with E-state index in [-0.39, 0.29) is 5.75 Å². The quantitative estimate of drug-likeness (QED) is 0.682. The number of fused-ring (bicyclic) bond motifs is 1. The van der Waals surface area contributed by atoms with E-state index < -0.39 is 15.8 Å². The molecule has 0 saturated heterocycles. The Labute approximate surface area is 162 Å². The van der Waals surface area contributed by atoms with E-state index in [1.54, 1.807) is 42.6 Å². The van der Waals surface area contributed by atoms with Crippen LogP contribution in [0.4, 0.5) is 16.2 Å². The standard InChI is InChI=1S/C19H19N3O5S/c1-26-14-9-12(8-13(23)10-14)21-18-6-7-20-17-5-4-15(11-16(17)18)28(3,25)22-19(24)27-2/h4-11,23H,1-3H3,(H,20,21). The highest BCUT2D eigenvalue weighted by Crippen LogP contribution is 2.31. The number of hydrogen-bond acceptors (Lipinski definition) is 7. The predicted molar refractivity (Wildman–Crippen MR) is 107 cm³/mol. The Morgan fingerprint density at radius 2 is 1.96 bits per heavy atom. The molecule has 146 valence electrons. The zero-order chi connectivity index (χ0) is 20.3. The van der Waals surface area contributed by atoms with E-state index in [9.17, 15) is 14.1 Å². The van der Waals surface area contributed by atoms with Crippen LogP contribution in [0.3, 0.4) is 0 Å². The maximum atomic E-state index is 12.8. The lowest BCUT2D eigenvalue weighted by atomic mass is 10.1. The number of rotatable bonds is 4. The van der Waals surface area contributed by atoms with Crippen LogP contribution in [-0.4, -0.2) is 40.9 Å². The molecule has 3 aromatic rings. The van der Waals surface area contributed by atoms with Crippen LogP contribution >= 0.6 is 0 Å². The van der Waals surface area contributed by atoms with Crippen molar-refractivity contribution in [3.05, 3.63) is 48.7 Å². The first-order valence-electron chi connectivity index (χ1n) is 8.16. The fraction of sp³-hybridized carbons (Fsp3) is 0.158. The molecule has 0 aliphatic heterocycles. The van der Waals surface area contributed by atoms with Crippen molar-refractivity contribution in [2.45, 2.75) is 4.90 Å². The smallest absolute Gasteiger partial charge is 0.441 e. The highest BCUT2D eigenvalue weighted by Gasteiger charge is 2.13. The number of nitrogens with zero attached hydrogens (tertiary/aromatic N) is 2. The molecular weight excluding hydrogens is 382 g/mol. The summed E-state index contributed by atoms with van der Waals surface area (Å²) in [6, 6.07) is 11.5. The van der Waals surface area contributed by atoms with Crippen molar-refractivity contribution < 1.29 is 23.6 Å². The number of methoxy groups -OCH3 is 2. The van der Waals surface area contributed by atoms with Crippen LogP contribution in [-0.2, 0) is 14.5 Å². The second-order valence-corrected chi connectivity index (χ2v) is 8.21. The van der Waals surface area contributed by atoms with Gasteiger partial charge in [-0.05, 0) is 24.3 Å². The summed E-state index contributed by atoms with van der Waals surface area (Å²) in [7, 11) is -0.298. The third-order valence-corrected chi connectivity index (χ3v) is 5.61. The number of anilines is 2. The average Bonchev–Trinajstić information content (AvgIpc) is 2.67. The summed E-state index contributed by atoms with van der Waals surface area (Å²) in [4.78, 5) is 16.1. The number of pyridine rings is 1. The van der Waals surface area contributed by atoms with Gasteiger partial charge in [0.1, 0.15) is 11.5 Å². The van der Waals surface area contributed by atoms with E-state index in [0.717, 1.165) is 0 Å². The van der Waals surface area contributed by atoms with Crippen LogP contribution in [0.15, 0.2) is 57.9 Å². The van der Waals surface area contributed by atoms with Gasteiger partial charge >= 0.3 is 6.09 Å². The van der Waals surface area contributed by atoms with Crippen molar-refractivity contribution in [2.75, 3.05) is 25.8 Å². The van der Waals surface area contributed by atoms with E-state index in [1.165, 1.54) is 26.5 Å². The number of carbonyl (C=O) groups is 1. The number of phenolic OH excluding ortho intramolecular Hbond substituents is 1. The minimum Gasteiger partial charge on any atom is -0.508 e. The number of ether oxygens (including phenoxy) is 2. The van der Waals surface area contributed by atoms with Crippen molar-refractivity contribution in [1.29, 1.82) is 0 Å². The van der Waals surface area contributed by atoms with E-state index in [0.29, 0.717) is 32.9 Å². The zero-order valence-electron chi connectivity index (χ0n) is 15.5. The Hall–Kier alpha value is -3.33. The lowest BCUT2D eigenvalue weighted by molar-refractivity contribution is 0.183. The summed E-state index contributed by atoms with van der Waals surface area (Å²) in [5, 5.41) is 13.7. The first-order valence-corrected chi connectivity index (χ1v) is 10.1. The van der Waals surface area contributed by atoms with Crippen LogP contribution < -0.4 is 10.1 Å². The highest BCUT2D eigenvalue weighted by molar-refractivity contribution is 7.93. The Kier molecular flexibility index (Phi) is 5.36. The van der Waals surface area contributed by atoms with Gasteiger partial charge in [-0.15, -0.1) is 4.36 Å². The molecule has 3 rings (SSSR count). The summed E-state index contributed by atoms with van der Waals surface area (Å²) in [6.45, 7) is 0. The van der Waals surface area contributed by atoms with Crippen LogP contribution in [0.1, 0.15) is 0 Å². The second kappa shape index (κ2) is 7.73. The molecule has 2 aromatic carbocycles. The maximum Gasteiger partial charge on any atom is 0.441 e. The van der Waals surface area contributed by atoms with E-state index in [1.807, 2.05) is 0 Å². The van der Waals surface area contributed by atoms with E-state index >= 15 is 0 Å². The SMILES string of the molecule is COC(=O)N=S(C)(=O)c1ccc2nccc(Nc3cc(O)cc(OC)c3)c2c1.